The number of methoxy groups -OCH3 is 1. The second-order valence-electron chi connectivity index (χ2n) is 5.98. The fraction of sp³-hybridized carbons (Fsp3) is 0.286. The van der Waals surface area contributed by atoms with Gasteiger partial charge in [0.1, 0.15) is 0 Å². The summed E-state index contributed by atoms with van der Waals surface area (Å²) in [5, 5.41) is 0. The minimum atomic E-state index is -0.195. The number of carbonyl (C=O) groups excluding carboxylic acids is 1. The Hall–Kier alpha value is -2.00. The minimum Gasteiger partial charge on any atom is -0.469 e. The lowest BCUT2D eigenvalue weighted by Gasteiger charge is -2.31. The van der Waals surface area contributed by atoms with E-state index >= 15 is 0 Å². The van der Waals surface area contributed by atoms with E-state index < -0.39 is 0 Å². The van der Waals surface area contributed by atoms with Gasteiger partial charge in [-0.15, -0.1) is 11.8 Å². The molecule has 0 radical (unpaired) electrons. The van der Waals surface area contributed by atoms with Gasteiger partial charge < -0.3 is 4.74 Å². The second-order valence-corrected chi connectivity index (χ2v) is 7.02. The Morgan fingerprint density at radius 3 is 2.42 bits per heavy atom. The molecule has 0 aliphatic heterocycles. The van der Waals surface area contributed by atoms with E-state index in [1.165, 1.54) is 18.2 Å². The highest BCUT2D eigenvalue weighted by atomic mass is 32.2. The Bertz CT molecular complexity index is 694. The quantitative estimate of drug-likeness (QED) is 0.704. The Balaban J connectivity index is 1.81. The van der Waals surface area contributed by atoms with Crippen molar-refractivity contribution in [2.24, 2.45) is 5.92 Å². The van der Waals surface area contributed by atoms with Crippen molar-refractivity contribution in [2.75, 3.05) is 7.11 Å². The zero-order chi connectivity index (χ0) is 16.8. The van der Waals surface area contributed by atoms with Crippen molar-refractivity contribution in [2.45, 2.75) is 24.5 Å². The molecule has 2 aromatic carbocycles. The predicted octanol–water partition coefficient (Wildman–Crippen LogP) is 5.17. The molecule has 0 saturated carbocycles. The van der Waals surface area contributed by atoms with E-state index in [9.17, 15) is 4.79 Å². The van der Waals surface area contributed by atoms with Gasteiger partial charge >= 0.3 is 5.97 Å². The first-order chi connectivity index (χ1) is 11.8. The maximum absolute atomic E-state index is 12.5. The smallest absolute Gasteiger partial charge is 0.314 e. The predicted molar refractivity (Wildman–Crippen MR) is 99.7 cm³/mol. The average molecular weight is 338 g/mol. The van der Waals surface area contributed by atoms with Crippen LogP contribution in [0.2, 0.25) is 0 Å². The molecule has 0 N–H and O–H groups in total. The van der Waals surface area contributed by atoms with E-state index in [1.807, 2.05) is 24.3 Å². The molecule has 2 atom stereocenters. The number of carbonyl (C=O) groups is 1. The average Bonchev–Trinajstić information content (AvgIpc) is 2.67. The van der Waals surface area contributed by atoms with Crippen molar-refractivity contribution in [1.82, 2.24) is 0 Å². The summed E-state index contributed by atoms with van der Waals surface area (Å²) >= 11 is 1.76. The first-order valence-electron chi connectivity index (χ1n) is 8.29. The molecule has 124 valence electrons. The number of hydrogen-bond acceptors (Lipinski definition) is 3. The van der Waals surface area contributed by atoms with Crippen LogP contribution in [0.4, 0.5) is 0 Å². The summed E-state index contributed by atoms with van der Waals surface area (Å²) in [5.41, 5.74) is 2.49. The summed E-state index contributed by atoms with van der Waals surface area (Å²) in [5.74, 6) is 0.749. The number of benzene rings is 2. The van der Waals surface area contributed by atoms with Gasteiger partial charge in [0, 0.05) is 11.7 Å². The van der Waals surface area contributed by atoms with Crippen LogP contribution < -0.4 is 0 Å². The lowest BCUT2D eigenvalue weighted by atomic mass is 9.79. The molecule has 0 amide bonds. The van der Waals surface area contributed by atoms with Gasteiger partial charge in [-0.1, -0.05) is 66.7 Å². The van der Waals surface area contributed by atoms with Crippen molar-refractivity contribution in [3.05, 3.63) is 82.8 Å². The summed E-state index contributed by atoms with van der Waals surface area (Å²) in [6.07, 6.45) is 4.21. The van der Waals surface area contributed by atoms with Crippen LogP contribution in [0.1, 0.15) is 29.9 Å². The van der Waals surface area contributed by atoms with Gasteiger partial charge in [0.15, 0.2) is 0 Å². The molecule has 3 heteroatoms. The van der Waals surface area contributed by atoms with Crippen molar-refractivity contribution < 1.29 is 9.53 Å². The molecule has 0 bridgehead atoms. The van der Waals surface area contributed by atoms with Gasteiger partial charge in [0.2, 0.25) is 0 Å². The Morgan fingerprint density at radius 1 is 1.08 bits per heavy atom. The van der Waals surface area contributed by atoms with E-state index in [-0.39, 0.29) is 17.8 Å². The van der Waals surface area contributed by atoms with E-state index in [4.69, 9.17) is 4.74 Å². The highest BCUT2D eigenvalue weighted by Crippen LogP contribution is 2.44. The topological polar surface area (TPSA) is 26.3 Å². The Morgan fingerprint density at radius 2 is 1.75 bits per heavy atom. The lowest BCUT2D eigenvalue weighted by molar-refractivity contribution is -0.144. The van der Waals surface area contributed by atoms with Crippen molar-refractivity contribution in [3.8, 4) is 0 Å². The monoisotopic (exact) mass is 338 g/mol. The summed E-state index contributed by atoms with van der Waals surface area (Å²) in [6.45, 7) is 0. The largest absolute Gasteiger partial charge is 0.469 e. The highest BCUT2D eigenvalue weighted by molar-refractivity contribution is 8.02. The third kappa shape index (κ3) is 3.90. The number of hydrogen-bond donors (Lipinski definition) is 0. The summed E-state index contributed by atoms with van der Waals surface area (Å²) < 4.78 is 5.13. The third-order valence-corrected chi connectivity index (χ3v) is 5.69. The van der Waals surface area contributed by atoms with E-state index in [0.717, 1.165) is 23.5 Å². The fourth-order valence-corrected chi connectivity index (χ4v) is 4.45. The highest BCUT2D eigenvalue weighted by Gasteiger charge is 2.35. The number of thioether (sulfide) groups is 1. The molecule has 0 aromatic heterocycles. The van der Waals surface area contributed by atoms with Crippen molar-refractivity contribution in [3.63, 3.8) is 0 Å². The molecular weight excluding hydrogens is 316 g/mol. The van der Waals surface area contributed by atoms with Gasteiger partial charge in [0.05, 0.1) is 13.0 Å². The summed E-state index contributed by atoms with van der Waals surface area (Å²) in [7, 11) is 1.48. The maximum atomic E-state index is 12.5. The van der Waals surface area contributed by atoms with Crippen molar-refractivity contribution in [1.29, 1.82) is 0 Å². The van der Waals surface area contributed by atoms with Crippen LogP contribution in [0, 0.1) is 5.92 Å². The van der Waals surface area contributed by atoms with Gasteiger partial charge in [-0.05, 0) is 28.9 Å². The lowest BCUT2D eigenvalue weighted by Crippen LogP contribution is -2.27. The number of rotatable bonds is 5. The molecular formula is C21H22O2S. The number of esters is 1. The first kappa shape index (κ1) is 16.8. The standard InChI is InChI=1S/C21H22O2S/c1-23-21(22)20-18(17-11-6-3-7-12-17)13-8-14-19(20)24-15-16-9-4-2-5-10-16/h2-7,9-12,14,18,20H,8,13,15H2,1H3. The van der Waals surface area contributed by atoms with Crippen molar-refractivity contribution >= 4 is 17.7 Å². The zero-order valence-corrected chi connectivity index (χ0v) is 14.7. The molecule has 2 nitrogen and oxygen atoms in total. The van der Waals surface area contributed by atoms with Gasteiger partial charge in [-0.2, -0.15) is 0 Å². The molecule has 0 heterocycles. The fourth-order valence-electron chi connectivity index (χ4n) is 3.25. The zero-order valence-electron chi connectivity index (χ0n) is 13.9. The third-order valence-electron chi connectivity index (χ3n) is 4.46. The molecule has 3 rings (SSSR count). The maximum Gasteiger partial charge on any atom is 0.314 e. The molecule has 0 saturated heterocycles. The van der Waals surface area contributed by atoms with Crippen LogP contribution in [0.3, 0.4) is 0 Å². The van der Waals surface area contributed by atoms with E-state index in [1.54, 1.807) is 11.8 Å². The molecule has 0 spiro atoms. The van der Waals surface area contributed by atoms with Crippen LogP contribution in [0.25, 0.3) is 0 Å². The molecule has 1 aliphatic carbocycles. The molecule has 24 heavy (non-hydrogen) atoms. The van der Waals surface area contributed by atoms with Crippen LogP contribution in [0.15, 0.2) is 71.6 Å². The first-order valence-corrected chi connectivity index (χ1v) is 9.27. The summed E-state index contributed by atoms with van der Waals surface area (Å²) in [6, 6.07) is 20.7. The minimum absolute atomic E-state index is 0.129. The van der Waals surface area contributed by atoms with Gasteiger partial charge in [-0.25, -0.2) is 0 Å². The van der Waals surface area contributed by atoms with Gasteiger partial charge in [-0.3, -0.25) is 4.79 Å². The Kier molecular flexibility index (Phi) is 5.76. The van der Waals surface area contributed by atoms with Crippen LogP contribution in [-0.2, 0) is 15.3 Å². The van der Waals surface area contributed by atoms with Gasteiger partial charge in [0.25, 0.3) is 0 Å². The normalized spacial score (nSPS) is 20.3. The molecule has 1 aliphatic rings. The van der Waals surface area contributed by atoms with E-state index in [0.29, 0.717) is 0 Å². The van der Waals surface area contributed by atoms with E-state index in [2.05, 4.69) is 42.5 Å². The number of ether oxygens (including phenoxy) is 1. The number of allylic oxidation sites excluding steroid dienone is 1. The van der Waals surface area contributed by atoms with Crippen LogP contribution in [-0.4, -0.2) is 13.1 Å². The van der Waals surface area contributed by atoms with Crippen LogP contribution in [0.5, 0.6) is 0 Å². The SMILES string of the molecule is COC(=O)C1C(SCc2ccccc2)=CCCC1c1ccccc1. The Labute approximate surface area is 147 Å². The van der Waals surface area contributed by atoms with Crippen LogP contribution >= 0.6 is 11.8 Å². The molecule has 2 aromatic rings. The molecule has 2 unspecified atom stereocenters. The second kappa shape index (κ2) is 8.20. The summed E-state index contributed by atoms with van der Waals surface area (Å²) in [4.78, 5) is 13.6. The molecule has 0 fully saturated rings.